The molecule has 114 valence electrons. The Morgan fingerprint density at radius 2 is 2.00 bits per heavy atom. The molecule has 0 aromatic rings. The summed E-state index contributed by atoms with van der Waals surface area (Å²) < 4.78 is 5.33. The average Bonchev–Trinajstić information content (AvgIpc) is 2.95. The Hall–Kier alpha value is -0.860. The van der Waals surface area contributed by atoms with E-state index in [1.54, 1.807) is 0 Å². The van der Waals surface area contributed by atoms with Crippen molar-refractivity contribution in [2.45, 2.75) is 83.7 Å². The van der Waals surface area contributed by atoms with Crippen molar-refractivity contribution in [2.75, 3.05) is 0 Å². The zero-order valence-corrected chi connectivity index (χ0v) is 12.8. The quantitative estimate of drug-likeness (QED) is 0.384. The van der Waals surface area contributed by atoms with Crippen molar-refractivity contribution in [2.24, 2.45) is 11.8 Å². The highest BCUT2D eigenvalue weighted by Crippen LogP contribution is 2.43. The van der Waals surface area contributed by atoms with Crippen LogP contribution in [0.15, 0.2) is 0 Å². The van der Waals surface area contributed by atoms with Crippen LogP contribution in [0.2, 0.25) is 0 Å². The summed E-state index contributed by atoms with van der Waals surface area (Å²) in [6.45, 7) is 2.23. The predicted octanol–water partition coefficient (Wildman–Crippen LogP) is 4.49. The van der Waals surface area contributed by atoms with Gasteiger partial charge in [0.25, 0.3) is 0 Å². The SMILES string of the molecule is CCCCCCCC(=N)CC[C@H]1CC[C@@H]2OC(=O)CC12. The summed E-state index contributed by atoms with van der Waals surface area (Å²) in [5.74, 6) is 1.07. The van der Waals surface area contributed by atoms with Gasteiger partial charge in [0.05, 0.1) is 6.42 Å². The number of hydrogen-bond donors (Lipinski definition) is 1. The van der Waals surface area contributed by atoms with E-state index in [1.165, 1.54) is 38.5 Å². The third kappa shape index (κ3) is 4.32. The van der Waals surface area contributed by atoms with E-state index in [-0.39, 0.29) is 12.1 Å². The molecule has 0 amide bonds. The molecule has 1 aliphatic heterocycles. The molecule has 3 nitrogen and oxygen atoms in total. The molecule has 20 heavy (non-hydrogen) atoms. The van der Waals surface area contributed by atoms with Crippen LogP contribution < -0.4 is 0 Å². The van der Waals surface area contributed by atoms with E-state index in [0.29, 0.717) is 18.3 Å². The van der Waals surface area contributed by atoms with E-state index in [1.807, 2.05) is 0 Å². The molecule has 2 fully saturated rings. The summed E-state index contributed by atoms with van der Waals surface area (Å²) >= 11 is 0. The van der Waals surface area contributed by atoms with Crippen LogP contribution in [0.1, 0.15) is 77.6 Å². The molecule has 0 radical (unpaired) electrons. The maximum Gasteiger partial charge on any atom is 0.306 e. The number of carbonyl (C=O) groups is 1. The van der Waals surface area contributed by atoms with Gasteiger partial charge < -0.3 is 10.1 Å². The first-order chi connectivity index (χ1) is 9.70. The molecule has 1 aliphatic carbocycles. The molecule has 0 bridgehead atoms. The minimum absolute atomic E-state index is 0.00398. The van der Waals surface area contributed by atoms with Crippen LogP contribution in [0.4, 0.5) is 0 Å². The Morgan fingerprint density at radius 1 is 1.20 bits per heavy atom. The largest absolute Gasteiger partial charge is 0.462 e. The topological polar surface area (TPSA) is 50.1 Å². The van der Waals surface area contributed by atoms with Crippen LogP contribution in [-0.4, -0.2) is 17.8 Å². The van der Waals surface area contributed by atoms with Crippen LogP contribution >= 0.6 is 0 Å². The van der Waals surface area contributed by atoms with Gasteiger partial charge in [-0.15, -0.1) is 0 Å². The molecule has 1 heterocycles. The lowest BCUT2D eigenvalue weighted by atomic mass is 9.88. The van der Waals surface area contributed by atoms with Gasteiger partial charge in [-0.1, -0.05) is 32.6 Å². The molecule has 0 spiro atoms. The number of nitrogens with one attached hydrogen (secondary N) is 1. The standard InChI is InChI=1S/C17H29NO2/c1-2-3-4-5-6-7-14(18)10-8-13-9-11-16-15(13)12-17(19)20-16/h13,15-16,18H,2-12H2,1H3/t13-,15?,16-/m0/s1. The number of fused-ring (bicyclic) bond motifs is 1. The molecule has 1 saturated heterocycles. The fourth-order valence-electron chi connectivity index (χ4n) is 3.75. The highest BCUT2D eigenvalue weighted by molar-refractivity contribution is 5.81. The van der Waals surface area contributed by atoms with E-state index < -0.39 is 0 Å². The Labute approximate surface area is 123 Å². The normalized spacial score (nSPS) is 28.4. The van der Waals surface area contributed by atoms with Gasteiger partial charge in [0.2, 0.25) is 0 Å². The van der Waals surface area contributed by atoms with Crippen molar-refractivity contribution in [3.05, 3.63) is 0 Å². The molecular formula is C17H29NO2. The van der Waals surface area contributed by atoms with Gasteiger partial charge in [0.15, 0.2) is 0 Å². The maximum absolute atomic E-state index is 11.3. The van der Waals surface area contributed by atoms with Gasteiger partial charge in [0.1, 0.15) is 6.10 Å². The Morgan fingerprint density at radius 3 is 2.80 bits per heavy atom. The molecule has 1 saturated carbocycles. The van der Waals surface area contributed by atoms with Gasteiger partial charge in [-0.25, -0.2) is 0 Å². The Bertz CT molecular complexity index is 340. The lowest BCUT2D eigenvalue weighted by Gasteiger charge is -2.16. The van der Waals surface area contributed by atoms with Crippen molar-refractivity contribution in [3.8, 4) is 0 Å². The summed E-state index contributed by atoms with van der Waals surface area (Å²) in [4.78, 5) is 11.3. The van der Waals surface area contributed by atoms with Crippen LogP contribution in [0.25, 0.3) is 0 Å². The molecule has 3 atom stereocenters. The second-order valence-corrected chi connectivity index (χ2v) is 6.54. The molecule has 2 aliphatic rings. The number of unbranched alkanes of at least 4 members (excludes halogenated alkanes) is 4. The molecule has 3 heteroatoms. The van der Waals surface area contributed by atoms with Crippen molar-refractivity contribution in [1.82, 2.24) is 0 Å². The van der Waals surface area contributed by atoms with Crippen LogP contribution in [0, 0.1) is 17.2 Å². The second kappa shape index (κ2) is 7.80. The van der Waals surface area contributed by atoms with Crippen LogP contribution in [0.3, 0.4) is 0 Å². The first kappa shape index (κ1) is 15.5. The Balaban J connectivity index is 1.58. The summed E-state index contributed by atoms with van der Waals surface area (Å²) in [5.41, 5.74) is 0.912. The van der Waals surface area contributed by atoms with Crippen LogP contribution in [0.5, 0.6) is 0 Å². The smallest absolute Gasteiger partial charge is 0.306 e. The number of hydrogen-bond acceptors (Lipinski definition) is 3. The lowest BCUT2D eigenvalue weighted by Crippen LogP contribution is -2.14. The third-order valence-corrected chi connectivity index (χ3v) is 4.99. The van der Waals surface area contributed by atoms with Gasteiger partial charge in [-0.05, 0) is 44.4 Å². The first-order valence-electron chi connectivity index (χ1n) is 8.46. The van der Waals surface area contributed by atoms with Crippen LogP contribution in [-0.2, 0) is 9.53 Å². The van der Waals surface area contributed by atoms with Gasteiger partial charge >= 0.3 is 5.97 Å². The van der Waals surface area contributed by atoms with Crippen molar-refractivity contribution >= 4 is 11.7 Å². The van der Waals surface area contributed by atoms with E-state index in [9.17, 15) is 4.79 Å². The number of rotatable bonds is 9. The minimum Gasteiger partial charge on any atom is -0.462 e. The third-order valence-electron chi connectivity index (χ3n) is 4.99. The van der Waals surface area contributed by atoms with Crippen molar-refractivity contribution < 1.29 is 9.53 Å². The van der Waals surface area contributed by atoms with E-state index >= 15 is 0 Å². The fourth-order valence-corrected chi connectivity index (χ4v) is 3.75. The zero-order valence-electron chi connectivity index (χ0n) is 12.8. The van der Waals surface area contributed by atoms with Crippen molar-refractivity contribution in [1.29, 1.82) is 5.41 Å². The van der Waals surface area contributed by atoms with Crippen molar-refractivity contribution in [3.63, 3.8) is 0 Å². The van der Waals surface area contributed by atoms with Gasteiger partial charge in [-0.2, -0.15) is 0 Å². The molecular weight excluding hydrogens is 250 g/mol. The molecule has 0 aromatic carbocycles. The maximum atomic E-state index is 11.3. The summed E-state index contributed by atoms with van der Waals surface area (Å²) in [5, 5.41) is 8.06. The fraction of sp³-hybridized carbons (Fsp3) is 0.882. The number of esters is 1. The average molecular weight is 279 g/mol. The first-order valence-corrected chi connectivity index (χ1v) is 8.46. The number of carbonyl (C=O) groups excluding carboxylic acids is 1. The molecule has 0 aromatic heterocycles. The highest BCUT2D eigenvalue weighted by Gasteiger charge is 2.44. The van der Waals surface area contributed by atoms with E-state index in [4.69, 9.17) is 10.1 Å². The summed E-state index contributed by atoms with van der Waals surface area (Å²) in [6.07, 6.45) is 12.4. The van der Waals surface area contributed by atoms with E-state index in [0.717, 1.165) is 31.4 Å². The monoisotopic (exact) mass is 279 g/mol. The Kier molecular flexibility index (Phi) is 6.06. The summed E-state index contributed by atoms with van der Waals surface area (Å²) in [6, 6.07) is 0. The molecule has 2 rings (SSSR count). The highest BCUT2D eigenvalue weighted by atomic mass is 16.5. The zero-order chi connectivity index (χ0) is 14.4. The predicted molar refractivity (Wildman–Crippen MR) is 81.0 cm³/mol. The lowest BCUT2D eigenvalue weighted by molar-refractivity contribution is -0.141. The van der Waals surface area contributed by atoms with Gasteiger partial charge in [0, 0.05) is 11.6 Å². The number of ether oxygens (including phenoxy) is 1. The minimum atomic E-state index is -0.00398. The molecule has 1 unspecified atom stereocenters. The summed E-state index contributed by atoms with van der Waals surface area (Å²) in [7, 11) is 0. The second-order valence-electron chi connectivity index (χ2n) is 6.54. The van der Waals surface area contributed by atoms with E-state index in [2.05, 4.69) is 6.92 Å². The van der Waals surface area contributed by atoms with Gasteiger partial charge in [-0.3, -0.25) is 4.79 Å². The molecule has 1 N–H and O–H groups in total.